The Kier molecular flexibility index (Phi) is 5.42. The number of ether oxygens (including phenoxy) is 1. The molecule has 0 radical (unpaired) electrons. The highest BCUT2D eigenvalue weighted by Gasteiger charge is 2.25. The van der Waals surface area contributed by atoms with E-state index in [-0.39, 0.29) is 11.9 Å². The van der Waals surface area contributed by atoms with Gasteiger partial charge in [-0.15, -0.1) is 0 Å². The lowest BCUT2D eigenvalue weighted by Gasteiger charge is -2.32. The molecule has 0 aromatic heterocycles. The fourth-order valence-electron chi connectivity index (χ4n) is 2.61. The fourth-order valence-corrected chi connectivity index (χ4v) is 3.32. The molecule has 0 heterocycles. The molecule has 0 aliphatic heterocycles. The summed E-state index contributed by atoms with van der Waals surface area (Å²) < 4.78 is 20.3. The molecule has 18 heavy (non-hydrogen) atoms. The Hall–Kier alpha value is -0.160. The fraction of sp³-hybridized carbons (Fsp3) is 0.600. The molecule has 1 aliphatic rings. The van der Waals surface area contributed by atoms with E-state index < -0.39 is 0 Å². The minimum atomic E-state index is -0.178. The third-order valence-electron chi connectivity index (χ3n) is 3.73. The summed E-state index contributed by atoms with van der Waals surface area (Å²) in [5, 5.41) is 0. The topological polar surface area (TPSA) is 9.23 Å². The maximum atomic E-state index is 13.3. The number of benzene rings is 1. The maximum Gasteiger partial charge on any atom is 0.123 e. The number of hydrogen-bond donors (Lipinski definition) is 0. The third kappa shape index (κ3) is 3.67. The van der Waals surface area contributed by atoms with Gasteiger partial charge >= 0.3 is 0 Å². The predicted octanol–water partition coefficient (Wildman–Crippen LogP) is 4.90. The second-order valence-electron chi connectivity index (χ2n) is 5.13. The van der Waals surface area contributed by atoms with Gasteiger partial charge in [0.2, 0.25) is 0 Å². The summed E-state index contributed by atoms with van der Waals surface area (Å²) >= 11 is 2.32. The van der Waals surface area contributed by atoms with Crippen LogP contribution in [0.15, 0.2) is 24.3 Å². The van der Waals surface area contributed by atoms with Crippen LogP contribution in [-0.2, 0) is 4.74 Å². The first kappa shape index (κ1) is 14.3. The van der Waals surface area contributed by atoms with Crippen molar-refractivity contribution in [2.24, 2.45) is 5.92 Å². The van der Waals surface area contributed by atoms with Crippen LogP contribution in [0.5, 0.6) is 0 Å². The highest BCUT2D eigenvalue weighted by atomic mass is 127. The largest absolute Gasteiger partial charge is 0.369 e. The first-order valence-corrected chi connectivity index (χ1v) is 8.20. The zero-order valence-electron chi connectivity index (χ0n) is 10.7. The van der Waals surface area contributed by atoms with Crippen molar-refractivity contribution in [3.63, 3.8) is 0 Å². The molecule has 0 saturated heterocycles. The first-order chi connectivity index (χ1) is 8.70. The number of halogens is 2. The minimum Gasteiger partial charge on any atom is -0.369 e. The van der Waals surface area contributed by atoms with Crippen LogP contribution in [0.2, 0.25) is 0 Å². The van der Waals surface area contributed by atoms with Gasteiger partial charge in [0.1, 0.15) is 5.82 Å². The summed E-state index contributed by atoms with van der Waals surface area (Å²) in [6.45, 7) is 2.26. The second kappa shape index (κ2) is 6.85. The van der Waals surface area contributed by atoms with Gasteiger partial charge in [0.05, 0.1) is 12.2 Å². The average molecular weight is 362 g/mol. The van der Waals surface area contributed by atoms with E-state index in [0.717, 1.165) is 16.4 Å². The highest BCUT2D eigenvalue weighted by Crippen LogP contribution is 2.31. The van der Waals surface area contributed by atoms with E-state index >= 15 is 0 Å². The molecule has 0 amide bonds. The van der Waals surface area contributed by atoms with E-state index in [9.17, 15) is 4.39 Å². The number of rotatable bonds is 4. The van der Waals surface area contributed by atoms with Crippen LogP contribution in [0, 0.1) is 11.7 Å². The molecule has 1 aliphatic carbocycles. The molecule has 1 nitrogen and oxygen atoms in total. The molecule has 1 aromatic rings. The molecule has 3 atom stereocenters. The summed E-state index contributed by atoms with van der Waals surface area (Å²) in [6.07, 6.45) is 5.32. The van der Waals surface area contributed by atoms with Crippen molar-refractivity contribution in [3.8, 4) is 0 Å². The Balaban J connectivity index is 2.04. The van der Waals surface area contributed by atoms with Gasteiger partial charge in [-0.25, -0.2) is 4.39 Å². The van der Waals surface area contributed by atoms with Crippen LogP contribution in [0.4, 0.5) is 4.39 Å². The highest BCUT2D eigenvalue weighted by molar-refractivity contribution is 14.1. The number of alkyl halides is 1. The van der Waals surface area contributed by atoms with Crippen LogP contribution in [0.3, 0.4) is 0 Å². The lowest BCUT2D eigenvalue weighted by atomic mass is 9.88. The van der Waals surface area contributed by atoms with Crippen molar-refractivity contribution in [2.75, 3.05) is 4.43 Å². The lowest BCUT2D eigenvalue weighted by Crippen LogP contribution is -2.27. The molecule has 1 fully saturated rings. The molecule has 3 heteroatoms. The standard InChI is InChI=1S/C15H20FIO/c1-11-5-2-3-8-14(11)18-15(10-17)12-6-4-7-13(16)9-12/h4,6-7,9,11,14-15H,2-3,5,8,10H2,1H3. The predicted molar refractivity (Wildman–Crippen MR) is 80.5 cm³/mol. The molecule has 1 aromatic carbocycles. The van der Waals surface area contributed by atoms with E-state index in [4.69, 9.17) is 4.74 Å². The third-order valence-corrected chi connectivity index (χ3v) is 4.53. The van der Waals surface area contributed by atoms with Gasteiger partial charge < -0.3 is 4.74 Å². The molecular formula is C15H20FIO. The normalized spacial score (nSPS) is 25.9. The Bertz CT molecular complexity index is 383. The van der Waals surface area contributed by atoms with E-state index in [0.29, 0.717) is 12.0 Å². The molecule has 1 saturated carbocycles. The van der Waals surface area contributed by atoms with E-state index in [1.54, 1.807) is 12.1 Å². The van der Waals surface area contributed by atoms with Crippen LogP contribution in [-0.4, -0.2) is 10.5 Å². The van der Waals surface area contributed by atoms with Crippen LogP contribution < -0.4 is 0 Å². The van der Waals surface area contributed by atoms with Gasteiger partial charge in [0.25, 0.3) is 0 Å². The van der Waals surface area contributed by atoms with E-state index in [1.165, 1.54) is 25.3 Å². The zero-order valence-corrected chi connectivity index (χ0v) is 12.9. The van der Waals surface area contributed by atoms with Gasteiger partial charge in [-0.05, 0) is 36.5 Å². The maximum absolute atomic E-state index is 13.3. The monoisotopic (exact) mass is 362 g/mol. The van der Waals surface area contributed by atoms with Crippen molar-refractivity contribution in [1.82, 2.24) is 0 Å². The molecule has 2 rings (SSSR count). The SMILES string of the molecule is CC1CCCCC1OC(CI)c1cccc(F)c1. The first-order valence-electron chi connectivity index (χ1n) is 6.67. The van der Waals surface area contributed by atoms with Crippen molar-refractivity contribution < 1.29 is 9.13 Å². The van der Waals surface area contributed by atoms with Crippen molar-refractivity contribution >= 4 is 22.6 Å². The van der Waals surface area contributed by atoms with Gasteiger partial charge in [-0.3, -0.25) is 0 Å². The van der Waals surface area contributed by atoms with Crippen molar-refractivity contribution in [2.45, 2.75) is 44.8 Å². The molecule has 0 spiro atoms. The van der Waals surface area contributed by atoms with Crippen LogP contribution in [0.1, 0.15) is 44.3 Å². The lowest BCUT2D eigenvalue weighted by molar-refractivity contribution is -0.0462. The smallest absolute Gasteiger partial charge is 0.123 e. The Labute approximate surface area is 122 Å². The van der Waals surface area contributed by atoms with Crippen LogP contribution in [0.25, 0.3) is 0 Å². The summed E-state index contributed by atoms with van der Waals surface area (Å²) in [5.74, 6) is 0.445. The summed E-state index contributed by atoms with van der Waals surface area (Å²) in [5.41, 5.74) is 0.960. The summed E-state index contributed by atoms with van der Waals surface area (Å²) in [7, 11) is 0. The molecule has 100 valence electrons. The average Bonchev–Trinajstić information content (AvgIpc) is 2.38. The summed E-state index contributed by atoms with van der Waals surface area (Å²) in [6, 6.07) is 6.80. The van der Waals surface area contributed by atoms with Crippen LogP contribution >= 0.6 is 22.6 Å². The zero-order chi connectivity index (χ0) is 13.0. The number of hydrogen-bond acceptors (Lipinski definition) is 1. The Morgan fingerprint density at radius 3 is 2.83 bits per heavy atom. The minimum absolute atomic E-state index is 0.0202. The molecular weight excluding hydrogens is 342 g/mol. The molecule has 0 N–H and O–H groups in total. The van der Waals surface area contributed by atoms with Gasteiger partial charge in [0, 0.05) is 4.43 Å². The van der Waals surface area contributed by atoms with E-state index in [1.807, 2.05) is 6.07 Å². The Morgan fingerprint density at radius 1 is 1.39 bits per heavy atom. The quantitative estimate of drug-likeness (QED) is 0.547. The second-order valence-corrected chi connectivity index (χ2v) is 6.02. The van der Waals surface area contributed by atoms with Gasteiger partial charge in [-0.2, -0.15) is 0 Å². The summed E-state index contributed by atoms with van der Waals surface area (Å²) in [4.78, 5) is 0. The Morgan fingerprint density at radius 2 is 2.17 bits per heavy atom. The molecule has 0 bridgehead atoms. The van der Waals surface area contributed by atoms with Gasteiger partial charge in [0.15, 0.2) is 0 Å². The van der Waals surface area contributed by atoms with E-state index in [2.05, 4.69) is 29.5 Å². The van der Waals surface area contributed by atoms with Gasteiger partial charge in [-0.1, -0.05) is 54.5 Å². The van der Waals surface area contributed by atoms with Crippen molar-refractivity contribution in [1.29, 1.82) is 0 Å². The molecule has 3 unspecified atom stereocenters. The van der Waals surface area contributed by atoms with Crippen molar-refractivity contribution in [3.05, 3.63) is 35.6 Å².